The van der Waals surface area contributed by atoms with E-state index in [1.54, 1.807) is 12.2 Å². The summed E-state index contributed by atoms with van der Waals surface area (Å²) in [6, 6.07) is 5.64. The maximum Gasteiger partial charge on any atom is 0.150 e. The molecular weight excluding hydrogens is 176 g/mol. The van der Waals surface area contributed by atoms with Gasteiger partial charge in [-0.1, -0.05) is 29.8 Å². The first-order chi connectivity index (χ1) is 6.77. The van der Waals surface area contributed by atoms with Crippen molar-refractivity contribution in [1.82, 2.24) is 0 Å². The number of rotatable bonds is 4. The molecule has 0 bridgehead atoms. The molecule has 2 heteroatoms. The monoisotopic (exact) mass is 188 g/mol. The van der Waals surface area contributed by atoms with Crippen molar-refractivity contribution in [2.24, 2.45) is 0 Å². The van der Waals surface area contributed by atoms with Gasteiger partial charge in [0, 0.05) is 12.0 Å². The van der Waals surface area contributed by atoms with Gasteiger partial charge in [-0.2, -0.15) is 0 Å². The summed E-state index contributed by atoms with van der Waals surface area (Å²) >= 11 is 0. The highest BCUT2D eigenvalue weighted by molar-refractivity contribution is 5.82. The van der Waals surface area contributed by atoms with Crippen LogP contribution < -0.4 is 0 Å². The zero-order chi connectivity index (χ0) is 10.4. The van der Waals surface area contributed by atoms with Crippen molar-refractivity contribution in [2.45, 2.75) is 13.3 Å². The molecule has 0 spiro atoms. The van der Waals surface area contributed by atoms with Gasteiger partial charge in [-0.05, 0) is 18.6 Å². The molecule has 0 fully saturated rings. The van der Waals surface area contributed by atoms with E-state index < -0.39 is 0 Å². The summed E-state index contributed by atoms with van der Waals surface area (Å²) in [5, 5.41) is 0. The highest BCUT2D eigenvalue weighted by atomic mass is 16.1. The summed E-state index contributed by atoms with van der Waals surface area (Å²) in [6.45, 7) is 1.94. The lowest BCUT2D eigenvalue weighted by Gasteiger charge is -1.99. The van der Waals surface area contributed by atoms with Gasteiger partial charge in [-0.3, -0.25) is 4.79 Å². The first kappa shape index (κ1) is 10.4. The number of aldehydes is 2. The smallest absolute Gasteiger partial charge is 0.150 e. The summed E-state index contributed by atoms with van der Waals surface area (Å²) in [6.07, 6.45) is 5.56. The van der Waals surface area contributed by atoms with Crippen LogP contribution in [-0.2, 0) is 4.79 Å². The molecule has 0 saturated carbocycles. The Labute approximate surface area is 83.3 Å². The number of allylic oxidation sites excluding steroid dienone is 1. The first-order valence-corrected chi connectivity index (χ1v) is 4.44. The minimum Gasteiger partial charge on any atom is -0.303 e. The van der Waals surface area contributed by atoms with E-state index in [1.807, 2.05) is 25.1 Å². The van der Waals surface area contributed by atoms with Crippen LogP contribution in [0.15, 0.2) is 24.3 Å². The molecule has 72 valence electrons. The average molecular weight is 188 g/mol. The highest BCUT2D eigenvalue weighted by Gasteiger charge is 1.97. The van der Waals surface area contributed by atoms with Gasteiger partial charge in [0.15, 0.2) is 6.29 Å². The van der Waals surface area contributed by atoms with Crippen molar-refractivity contribution < 1.29 is 9.59 Å². The fourth-order valence-corrected chi connectivity index (χ4v) is 1.20. The van der Waals surface area contributed by atoms with Crippen LogP contribution in [-0.4, -0.2) is 12.6 Å². The van der Waals surface area contributed by atoms with Gasteiger partial charge in [-0.15, -0.1) is 0 Å². The van der Waals surface area contributed by atoms with E-state index in [1.165, 1.54) is 0 Å². The van der Waals surface area contributed by atoms with Crippen LogP contribution in [0.3, 0.4) is 0 Å². The van der Waals surface area contributed by atoms with Gasteiger partial charge in [-0.25, -0.2) is 0 Å². The fourth-order valence-electron chi connectivity index (χ4n) is 1.20. The van der Waals surface area contributed by atoms with E-state index in [-0.39, 0.29) is 0 Å². The topological polar surface area (TPSA) is 34.1 Å². The predicted octanol–water partition coefficient (Wildman–Crippen LogP) is 2.41. The Kier molecular flexibility index (Phi) is 3.80. The molecule has 0 atom stereocenters. The summed E-state index contributed by atoms with van der Waals surface area (Å²) in [4.78, 5) is 20.8. The molecule has 0 aliphatic heterocycles. The normalized spacial score (nSPS) is 10.4. The Morgan fingerprint density at radius 3 is 2.64 bits per heavy atom. The lowest BCUT2D eigenvalue weighted by atomic mass is 10.0. The first-order valence-electron chi connectivity index (χ1n) is 4.44. The Morgan fingerprint density at radius 2 is 2.00 bits per heavy atom. The fraction of sp³-hybridized carbons (Fsp3) is 0.167. The van der Waals surface area contributed by atoms with E-state index in [9.17, 15) is 9.59 Å². The van der Waals surface area contributed by atoms with Gasteiger partial charge >= 0.3 is 0 Å². The third-order valence-corrected chi connectivity index (χ3v) is 1.90. The number of hydrogen-bond donors (Lipinski definition) is 0. The third kappa shape index (κ3) is 2.66. The summed E-state index contributed by atoms with van der Waals surface area (Å²) in [5.74, 6) is 0. The second-order valence-electron chi connectivity index (χ2n) is 3.05. The van der Waals surface area contributed by atoms with E-state index in [0.29, 0.717) is 12.0 Å². The van der Waals surface area contributed by atoms with Crippen LogP contribution in [0.2, 0.25) is 0 Å². The molecule has 0 radical (unpaired) electrons. The van der Waals surface area contributed by atoms with Gasteiger partial charge in [0.25, 0.3) is 0 Å². The van der Waals surface area contributed by atoms with Crippen LogP contribution >= 0.6 is 0 Å². The Balaban J connectivity index is 2.95. The van der Waals surface area contributed by atoms with Gasteiger partial charge in [0.1, 0.15) is 6.29 Å². The molecule has 0 aliphatic carbocycles. The van der Waals surface area contributed by atoms with E-state index in [2.05, 4.69) is 0 Å². The molecule has 2 nitrogen and oxygen atoms in total. The average Bonchev–Trinajstić information content (AvgIpc) is 2.20. The standard InChI is InChI=1S/C12H12O2/c1-10-5-6-11(4-2-3-7-13)12(8-10)9-14/h2,4-9H,3H2,1H3. The molecular formula is C12H12O2. The molecule has 0 aliphatic rings. The van der Waals surface area contributed by atoms with Crippen molar-refractivity contribution in [3.05, 3.63) is 41.0 Å². The highest BCUT2D eigenvalue weighted by Crippen LogP contribution is 2.11. The van der Waals surface area contributed by atoms with Gasteiger partial charge in [0.2, 0.25) is 0 Å². The number of benzene rings is 1. The zero-order valence-electron chi connectivity index (χ0n) is 8.07. The van der Waals surface area contributed by atoms with Crippen LogP contribution in [0.5, 0.6) is 0 Å². The predicted molar refractivity (Wildman–Crippen MR) is 56.3 cm³/mol. The van der Waals surface area contributed by atoms with Crippen LogP contribution in [0.25, 0.3) is 6.08 Å². The SMILES string of the molecule is Cc1ccc(C=CCC=O)c(C=O)c1. The second kappa shape index (κ2) is 5.12. The molecule has 1 aromatic rings. The summed E-state index contributed by atoms with van der Waals surface area (Å²) in [5.41, 5.74) is 2.57. The van der Waals surface area contributed by atoms with Crippen LogP contribution in [0.4, 0.5) is 0 Å². The summed E-state index contributed by atoms with van der Waals surface area (Å²) in [7, 11) is 0. The van der Waals surface area contributed by atoms with Crippen molar-refractivity contribution >= 4 is 18.6 Å². The van der Waals surface area contributed by atoms with Crippen LogP contribution in [0.1, 0.15) is 27.9 Å². The Hall–Kier alpha value is -1.70. The quantitative estimate of drug-likeness (QED) is 0.680. The minimum absolute atomic E-state index is 0.381. The zero-order valence-corrected chi connectivity index (χ0v) is 8.07. The van der Waals surface area contributed by atoms with Gasteiger partial charge in [0.05, 0.1) is 0 Å². The molecule has 1 aromatic carbocycles. The maximum absolute atomic E-state index is 10.7. The molecule has 14 heavy (non-hydrogen) atoms. The molecule has 0 saturated heterocycles. The molecule has 1 rings (SSSR count). The third-order valence-electron chi connectivity index (χ3n) is 1.90. The van der Waals surface area contributed by atoms with Gasteiger partial charge < -0.3 is 4.79 Å². The largest absolute Gasteiger partial charge is 0.303 e. The van der Waals surface area contributed by atoms with Crippen molar-refractivity contribution in [3.8, 4) is 0 Å². The van der Waals surface area contributed by atoms with Crippen molar-refractivity contribution in [1.29, 1.82) is 0 Å². The molecule has 0 amide bonds. The number of carbonyl (C=O) groups is 2. The lowest BCUT2D eigenvalue weighted by Crippen LogP contribution is -1.87. The second-order valence-corrected chi connectivity index (χ2v) is 3.05. The minimum atomic E-state index is 0.381. The van der Waals surface area contributed by atoms with Crippen molar-refractivity contribution in [3.63, 3.8) is 0 Å². The van der Waals surface area contributed by atoms with Crippen LogP contribution in [0, 0.1) is 6.92 Å². The maximum atomic E-state index is 10.7. The van der Waals surface area contributed by atoms with E-state index in [0.717, 1.165) is 23.7 Å². The molecule has 0 unspecified atom stereocenters. The molecule has 0 N–H and O–H groups in total. The number of hydrogen-bond acceptors (Lipinski definition) is 2. The van der Waals surface area contributed by atoms with E-state index in [4.69, 9.17) is 0 Å². The van der Waals surface area contributed by atoms with Crippen molar-refractivity contribution in [2.75, 3.05) is 0 Å². The number of carbonyl (C=O) groups excluding carboxylic acids is 2. The Morgan fingerprint density at radius 1 is 1.21 bits per heavy atom. The lowest BCUT2D eigenvalue weighted by molar-refractivity contribution is -0.107. The van der Waals surface area contributed by atoms with E-state index >= 15 is 0 Å². The summed E-state index contributed by atoms with van der Waals surface area (Å²) < 4.78 is 0. The molecule has 0 heterocycles. The Bertz CT molecular complexity index is 365. The number of aryl methyl sites for hydroxylation is 1. The molecule has 0 aromatic heterocycles.